The Balaban J connectivity index is 1.22. The van der Waals surface area contributed by atoms with Crippen LogP contribution >= 0.6 is 11.6 Å². The monoisotopic (exact) mass is 725 g/mol. The summed E-state index contributed by atoms with van der Waals surface area (Å²) in [6.07, 6.45) is 3.54. The van der Waals surface area contributed by atoms with E-state index in [0.717, 1.165) is 0 Å². The number of halogens is 3. The van der Waals surface area contributed by atoms with E-state index in [1.165, 1.54) is 61.5 Å². The molecule has 0 atom stereocenters. The van der Waals surface area contributed by atoms with Gasteiger partial charge in [0.1, 0.15) is 0 Å². The summed E-state index contributed by atoms with van der Waals surface area (Å²) in [5.41, 5.74) is 1.78. The second kappa shape index (κ2) is 16.2. The molecule has 270 valence electrons. The van der Waals surface area contributed by atoms with Gasteiger partial charge in [-0.05, 0) is 37.6 Å². The van der Waals surface area contributed by atoms with Crippen LogP contribution in [0.5, 0.6) is 0 Å². The summed E-state index contributed by atoms with van der Waals surface area (Å²) >= 11 is 6.47. The molecule has 1 saturated heterocycles. The average molecular weight is 726 g/mol. The summed E-state index contributed by atoms with van der Waals surface area (Å²) < 4.78 is 43.6. The van der Waals surface area contributed by atoms with Crippen molar-refractivity contribution in [2.45, 2.75) is 32.7 Å². The van der Waals surface area contributed by atoms with Crippen molar-refractivity contribution >= 4 is 41.0 Å². The van der Waals surface area contributed by atoms with Gasteiger partial charge in [-0.25, -0.2) is 13.8 Å². The van der Waals surface area contributed by atoms with E-state index in [-0.39, 0.29) is 69.5 Å². The van der Waals surface area contributed by atoms with Crippen molar-refractivity contribution < 1.29 is 37.4 Å². The van der Waals surface area contributed by atoms with Crippen molar-refractivity contribution in [3.8, 4) is 22.4 Å². The number of imidazole rings is 1. The smallest absolute Gasteiger partial charge is 0.305 e. The molecule has 13 nitrogen and oxygen atoms in total. The molecule has 1 aliphatic rings. The SMILES string of the molecule is COCCn1ncc(-c2ccc(-c3cnc(C(=O)Nc4ccc(C(=O)N5CCN(C(=O)CCCC(=O)OC)CC5)c(Cl)c4)n3C)c(F)c2F)c1C. The van der Waals surface area contributed by atoms with Gasteiger partial charge in [0.05, 0.1) is 48.9 Å². The summed E-state index contributed by atoms with van der Waals surface area (Å²) in [6, 6.07) is 7.35. The molecule has 1 N–H and O–H groups in total. The van der Waals surface area contributed by atoms with Crippen molar-refractivity contribution in [2.75, 3.05) is 52.3 Å². The van der Waals surface area contributed by atoms with Gasteiger partial charge in [0, 0.05) is 81.2 Å². The lowest BCUT2D eigenvalue weighted by Gasteiger charge is -2.35. The molecule has 4 aromatic rings. The Morgan fingerprint density at radius 2 is 1.61 bits per heavy atom. The van der Waals surface area contributed by atoms with Crippen LogP contribution in [0.25, 0.3) is 22.4 Å². The number of amides is 3. The third-order valence-corrected chi connectivity index (χ3v) is 9.14. The Labute approximate surface area is 298 Å². The first-order valence-corrected chi connectivity index (χ1v) is 16.6. The molecule has 1 fully saturated rings. The lowest BCUT2D eigenvalue weighted by Crippen LogP contribution is -2.50. The van der Waals surface area contributed by atoms with Gasteiger partial charge in [-0.15, -0.1) is 0 Å². The minimum absolute atomic E-state index is 0.0535. The topological polar surface area (TPSA) is 141 Å². The summed E-state index contributed by atoms with van der Waals surface area (Å²) in [5.74, 6) is -3.63. The second-order valence-electron chi connectivity index (χ2n) is 11.9. The van der Waals surface area contributed by atoms with E-state index in [1.54, 1.807) is 28.5 Å². The number of piperazine rings is 1. The Morgan fingerprint density at radius 1 is 0.922 bits per heavy atom. The lowest BCUT2D eigenvalue weighted by atomic mass is 10.0. The van der Waals surface area contributed by atoms with Gasteiger partial charge in [0.25, 0.3) is 11.8 Å². The number of anilines is 1. The van der Waals surface area contributed by atoms with Crippen LogP contribution in [0.15, 0.2) is 42.7 Å². The fraction of sp³-hybridized carbons (Fsp3) is 0.371. The molecule has 0 aliphatic carbocycles. The van der Waals surface area contributed by atoms with E-state index in [1.807, 2.05) is 0 Å². The Bertz CT molecular complexity index is 1950. The number of benzene rings is 2. The highest BCUT2D eigenvalue weighted by Crippen LogP contribution is 2.33. The molecule has 0 unspecified atom stereocenters. The number of ether oxygens (including phenoxy) is 2. The van der Waals surface area contributed by atoms with Gasteiger partial charge < -0.3 is 29.2 Å². The van der Waals surface area contributed by atoms with Gasteiger partial charge in [-0.2, -0.15) is 5.10 Å². The van der Waals surface area contributed by atoms with Gasteiger partial charge >= 0.3 is 5.97 Å². The van der Waals surface area contributed by atoms with Crippen molar-refractivity contribution in [1.82, 2.24) is 29.1 Å². The van der Waals surface area contributed by atoms with Crippen LogP contribution in [0.2, 0.25) is 5.02 Å². The predicted octanol–water partition coefficient (Wildman–Crippen LogP) is 4.72. The van der Waals surface area contributed by atoms with Crippen molar-refractivity contribution in [1.29, 1.82) is 0 Å². The first-order chi connectivity index (χ1) is 24.4. The number of carbonyl (C=O) groups is 4. The molecule has 3 amide bonds. The van der Waals surface area contributed by atoms with E-state index in [9.17, 15) is 19.2 Å². The van der Waals surface area contributed by atoms with Gasteiger partial charge in [-0.1, -0.05) is 17.7 Å². The normalized spacial score (nSPS) is 13.0. The van der Waals surface area contributed by atoms with Crippen molar-refractivity contribution in [3.63, 3.8) is 0 Å². The Morgan fingerprint density at radius 3 is 2.29 bits per heavy atom. The van der Waals surface area contributed by atoms with Crippen LogP contribution in [-0.2, 0) is 32.7 Å². The highest BCUT2D eigenvalue weighted by atomic mass is 35.5. The minimum atomic E-state index is -1.10. The number of nitrogens with zero attached hydrogens (tertiary/aromatic N) is 6. The molecule has 0 saturated carbocycles. The Hall–Kier alpha value is -5.15. The van der Waals surface area contributed by atoms with Crippen LogP contribution < -0.4 is 5.32 Å². The zero-order chi connectivity index (χ0) is 36.8. The highest BCUT2D eigenvalue weighted by Gasteiger charge is 2.27. The van der Waals surface area contributed by atoms with Gasteiger partial charge in [-0.3, -0.25) is 23.9 Å². The first-order valence-electron chi connectivity index (χ1n) is 16.2. The number of methoxy groups -OCH3 is 2. The molecular formula is C35H38ClF2N7O6. The van der Waals surface area contributed by atoms with Crippen LogP contribution in [0, 0.1) is 18.6 Å². The maximum absolute atomic E-state index is 15.5. The highest BCUT2D eigenvalue weighted by molar-refractivity contribution is 6.34. The number of aromatic nitrogens is 4. The molecule has 3 heterocycles. The summed E-state index contributed by atoms with van der Waals surface area (Å²) in [5, 5.41) is 7.05. The fourth-order valence-corrected chi connectivity index (χ4v) is 6.13. The van der Waals surface area contributed by atoms with Gasteiger partial charge in [0.2, 0.25) is 5.91 Å². The van der Waals surface area contributed by atoms with Crippen molar-refractivity contribution in [3.05, 3.63) is 76.5 Å². The fourth-order valence-electron chi connectivity index (χ4n) is 5.87. The average Bonchev–Trinajstić information content (AvgIpc) is 3.69. The molecule has 1 aliphatic heterocycles. The second-order valence-corrected chi connectivity index (χ2v) is 12.3. The minimum Gasteiger partial charge on any atom is -0.469 e. The maximum Gasteiger partial charge on any atom is 0.305 e. The molecule has 0 spiro atoms. The van der Waals surface area contributed by atoms with E-state index in [4.69, 9.17) is 16.3 Å². The molecule has 0 radical (unpaired) electrons. The molecule has 51 heavy (non-hydrogen) atoms. The third-order valence-electron chi connectivity index (χ3n) is 8.83. The van der Waals surface area contributed by atoms with E-state index < -0.39 is 17.5 Å². The van der Waals surface area contributed by atoms with E-state index in [0.29, 0.717) is 57.0 Å². The van der Waals surface area contributed by atoms with E-state index >= 15 is 8.78 Å². The molecule has 16 heteroatoms. The van der Waals surface area contributed by atoms with Crippen LogP contribution in [0.4, 0.5) is 14.5 Å². The number of nitrogens with one attached hydrogen (secondary N) is 1. The van der Waals surface area contributed by atoms with Crippen LogP contribution in [-0.4, -0.2) is 99.8 Å². The standard InChI is InChI=1S/C35H38ClF2N7O6/c1-21-26(19-40-45(21)16-17-50-3)23-10-11-25(32(38)31(23)37)28-20-39-33(42(28)2)34(48)41-22-8-9-24(27(36)18-22)35(49)44-14-12-43(13-15-44)29(46)6-5-7-30(47)51-4/h8-11,18-20H,5-7,12-17H2,1-4H3,(H,41,48). The maximum atomic E-state index is 15.5. The van der Waals surface area contributed by atoms with Crippen LogP contribution in [0.3, 0.4) is 0 Å². The summed E-state index contributed by atoms with van der Waals surface area (Å²) in [7, 11) is 4.38. The Kier molecular flexibility index (Phi) is 11.8. The summed E-state index contributed by atoms with van der Waals surface area (Å²) in [6.45, 7) is 3.96. The number of hydrogen-bond acceptors (Lipinski definition) is 8. The number of esters is 1. The molecule has 2 aromatic carbocycles. The predicted molar refractivity (Wildman–Crippen MR) is 184 cm³/mol. The molecular weight excluding hydrogens is 688 g/mol. The number of hydrogen-bond donors (Lipinski definition) is 1. The van der Waals surface area contributed by atoms with Gasteiger partial charge in [0.15, 0.2) is 17.5 Å². The molecule has 2 aromatic heterocycles. The zero-order valence-electron chi connectivity index (χ0n) is 28.7. The zero-order valence-corrected chi connectivity index (χ0v) is 29.4. The molecule has 5 rings (SSSR count). The number of rotatable bonds is 12. The number of carbonyl (C=O) groups excluding carboxylic acids is 4. The van der Waals surface area contributed by atoms with E-state index in [2.05, 4.69) is 20.1 Å². The summed E-state index contributed by atoms with van der Waals surface area (Å²) in [4.78, 5) is 57.6. The van der Waals surface area contributed by atoms with Crippen LogP contribution in [0.1, 0.15) is 45.9 Å². The lowest BCUT2D eigenvalue weighted by molar-refractivity contribution is -0.141. The third kappa shape index (κ3) is 8.10. The first kappa shape index (κ1) is 37.1. The largest absolute Gasteiger partial charge is 0.469 e. The quantitative estimate of drug-likeness (QED) is 0.207. The van der Waals surface area contributed by atoms with Crippen molar-refractivity contribution in [2.24, 2.45) is 7.05 Å². The molecule has 0 bridgehead atoms.